The van der Waals surface area contributed by atoms with E-state index in [2.05, 4.69) is 36.2 Å². The SMILES string of the molecule is CCc1nc(Br)cc(NCCc2nccs2)n1. The second-order valence-corrected chi connectivity index (χ2v) is 5.24. The van der Waals surface area contributed by atoms with Crippen molar-refractivity contribution in [3.8, 4) is 0 Å². The Labute approximate surface area is 113 Å². The summed E-state index contributed by atoms with van der Waals surface area (Å²) >= 11 is 5.06. The highest BCUT2D eigenvalue weighted by Crippen LogP contribution is 2.13. The summed E-state index contributed by atoms with van der Waals surface area (Å²) in [5.74, 6) is 1.71. The van der Waals surface area contributed by atoms with E-state index in [1.807, 2.05) is 24.6 Å². The molecule has 0 fully saturated rings. The van der Waals surface area contributed by atoms with Gasteiger partial charge < -0.3 is 5.32 Å². The molecule has 6 heteroatoms. The second kappa shape index (κ2) is 6.07. The van der Waals surface area contributed by atoms with Crippen LogP contribution in [0.4, 0.5) is 5.82 Å². The summed E-state index contributed by atoms with van der Waals surface area (Å²) in [5, 5.41) is 6.42. The van der Waals surface area contributed by atoms with Gasteiger partial charge in [-0.05, 0) is 15.9 Å². The lowest BCUT2D eigenvalue weighted by Gasteiger charge is -2.06. The van der Waals surface area contributed by atoms with E-state index in [1.165, 1.54) is 0 Å². The molecule has 2 heterocycles. The molecule has 2 rings (SSSR count). The van der Waals surface area contributed by atoms with Crippen LogP contribution in [0.15, 0.2) is 22.2 Å². The molecule has 0 aliphatic carbocycles. The molecule has 0 unspecified atom stereocenters. The summed E-state index contributed by atoms with van der Waals surface area (Å²) in [4.78, 5) is 12.9. The number of nitrogens with zero attached hydrogens (tertiary/aromatic N) is 3. The molecule has 0 radical (unpaired) electrons. The fourth-order valence-corrected chi connectivity index (χ4v) is 2.43. The van der Waals surface area contributed by atoms with Crippen LogP contribution < -0.4 is 5.32 Å². The molecule has 0 spiro atoms. The van der Waals surface area contributed by atoms with E-state index in [0.29, 0.717) is 0 Å². The van der Waals surface area contributed by atoms with Crippen LogP contribution in [0.5, 0.6) is 0 Å². The number of thiazole rings is 1. The van der Waals surface area contributed by atoms with Crippen molar-refractivity contribution in [2.45, 2.75) is 19.8 Å². The molecule has 2 aromatic heterocycles. The van der Waals surface area contributed by atoms with Crippen molar-refractivity contribution in [1.29, 1.82) is 0 Å². The van der Waals surface area contributed by atoms with Gasteiger partial charge in [0.1, 0.15) is 16.2 Å². The highest BCUT2D eigenvalue weighted by Gasteiger charge is 2.01. The van der Waals surface area contributed by atoms with Gasteiger partial charge in [0, 0.05) is 37.0 Å². The van der Waals surface area contributed by atoms with Crippen LogP contribution in [0.3, 0.4) is 0 Å². The van der Waals surface area contributed by atoms with Crippen molar-refractivity contribution in [1.82, 2.24) is 15.0 Å². The van der Waals surface area contributed by atoms with Gasteiger partial charge in [0.2, 0.25) is 0 Å². The standard InChI is InChI=1S/C11H13BrN4S/c1-2-9-15-8(12)7-10(16-9)13-4-3-11-14-5-6-17-11/h5-7H,2-4H2,1H3,(H,13,15,16). The monoisotopic (exact) mass is 312 g/mol. The normalized spacial score (nSPS) is 10.5. The fraction of sp³-hybridized carbons (Fsp3) is 0.364. The molecule has 0 aliphatic rings. The number of nitrogens with one attached hydrogen (secondary N) is 1. The zero-order chi connectivity index (χ0) is 12.1. The van der Waals surface area contributed by atoms with Gasteiger partial charge in [-0.25, -0.2) is 15.0 Å². The van der Waals surface area contributed by atoms with Gasteiger partial charge in [0.25, 0.3) is 0 Å². The molecule has 2 aromatic rings. The van der Waals surface area contributed by atoms with Gasteiger partial charge in [0.05, 0.1) is 5.01 Å². The van der Waals surface area contributed by atoms with Gasteiger partial charge >= 0.3 is 0 Å². The van der Waals surface area contributed by atoms with E-state index in [1.54, 1.807) is 11.3 Å². The summed E-state index contributed by atoms with van der Waals surface area (Å²) in [6, 6.07) is 1.89. The maximum Gasteiger partial charge on any atom is 0.131 e. The summed E-state index contributed by atoms with van der Waals surface area (Å²) in [7, 11) is 0. The van der Waals surface area contributed by atoms with E-state index in [-0.39, 0.29) is 0 Å². The second-order valence-electron chi connectivity index (χ2n) is 3.45. The summed E-state index contributed by atoms with van der Waals surface area (Å²) in [6.07, 6.45) is 3.58. The topological polar surface area (TPSA) is 50.7 Å². The van der Waals surface area contributed by atoms with Crippen LogP contribution in [-0.4, -0.2) is 21.5 Å². The third kappa shape index (κ3) is 3.74. The summed E-state index contributed by atoms with van der Waals surface area (Å²) in [5.41, 5.74) is 0. The molecular formula is C11H13BrN4S. The number of hydrogen-bond acceptors (Lipinski definition) is 5. The maximum absolute atomic E-state index is 4.40. The van der Waals surface area contributed by atoms with Crippen molar-refractivity contribution in [3.63, 3.8) is 0 Å². The highest BCUT2D eigenvalue weighted by molar-refractivity contribution is 9.10. The lowest BCUT2D eigenvalue weighted by molar-refractivity contribution is 0.913. The predicted octanol–water partition coefficient (Wildman–Crippen LogP) is 2.91. The van der Waals surface area contributed by atoms with Gasteiger partial charge in [-0.2, -0.15) is 0 Å². The van der Waals surface area contributed by atoms with Crippen molar-refractivity contribution in [2.24, 2.45) is 0 Å². The molecule has 0 bridgehead atoms. The number of aryl methyl sites for hydroxylation is 1. The zero-order valence-corrected chi connectivity index (χ0v) is 11.9. The molecule has 1 N–H and O–H groups in total. The van der Waals surface area contributed by atoms with E-state index < -0.39 is 0 Å². The molecule has 0 atom stereocenters. The van der Waals surface area contributed by atoms with Gasteiger partial charge in [0.15, 0.2) is 0 Å². The Hall–Kier alpha value is -1.01. The lowest BCUT2D eigenvalue weighted by atomic mass is 10.4. The Balaban J connectivity index is 1.92. The molecule has 0 saturated heterocycles. The first-order valence-corrected chi connectivity index (χ1v) is 7.11. The Morgan fingerprint density at radius 1 is 1.41 bits per heavy atom. The Morgan fingerprint density at radius 3 is 3.00 bits per heavy atom. The van der Waals surface area contributed by atoms with Crippen molar-refractivity contribution < 1.29 is 0 Å². The molecule has 90 valence electrons. The predicted molar refractivity (Wildman–Crippen MR) is 73.4 cm³/mol. The van der Waals surface area contributed by atoms with Crippen molar-refractivity contribution in [3.05, 3.63) is 33.1 Å². The van der Waals surface area contributed by atoms with E-state index in [9.17, 15) is 0 Å². The number of anilines is 1. The average Bonchev–Trinajstić information content (AvgIpc) is 2.81. The molecule has 17 heavy (non-hydrogen) atoms. The molecular weight excluding hydrogens is 300 g/mol. The first kappa shape index (κ1) is 12.4. The molecule has 0 saturated carbocycles. The molecule has 0 amide bonds. The smallest absolute Gasteiger partial charge is 0.131 e. The minimum Gasteiger partial charge on any atom is -0.370 e. The van der Waals surface area contributed by atoms with Gasteiger partial charge in [-0.3, -0.25) is 0 Å². The maximum atomic E-state index is 4.40. The van der Waals surface area contributed by atoms with Gasteiger partial charge in [-0.1, -0.05) is 6.92 Å². The number of aromatic nitrogens is 3. The van der Waals surface area contributed by atoms with Crippen LogP contribution in [0.25, 0.3) is 0 Å². The quantitative estimate of drug-likeness (QED) is 0.862. The number of halogens is 1. The van der Waals surface area contributed by atoms with Crippen LogP contribution in [-0.2, 0) is 12.8 Å². The lowest BCUT2D eigenvalue weighted by Crippen LogP contribution is -2.08. The highest BCUT2D eigenvalue weighted by atomic mass is 79.9. The van der Waals surface area contributed by atoms with Crippen molar-refractivity contribution >= 4 is 33.1 Å². The minimum atomic E-state index is 0.820. The van der Waals surface area contributed by atoms with Crippen LogP contribution in [0, 0.1) is 0 Å². The molecule has 4 nitrogen and oxygen atoms in total. The molecule has 0 aliphatic heterocycles. The summed E-state index contributed by atoms with van der Waals surface area (Å²) < 4.78 is 0.820. The van der Waals surface area contributed by atoms with Gasteiger partial charge in [-0.15, -0.1) is 11.3 Å². The Bertz CT molecular complexity index is 472. The average molecular weight is 313 g/mol. The minimum absolute atomic E-state index is 0.820. The van der Waals surface area contributed by atoms with Crippen molar-refractivity contribution in [2.75, 3.05) is 11.9 Å². The van der Waals surface area contributed by atoms with Crippen LogP contribution in [0.1, 0.15) is 17.8 Å². The Morgan fingerprint density at radius 2 is 2.29 bits per heavy atom. The first-order chi connectivity index (χ1) is 8.28. The summed E-state index contributed by atoms with van der Waals surface area (Å²) in [6.45, 7) is 2.88. The van der Waals surface area contributed by atoms with Crippen LogP contribution >= 0.6 is 27.3 Å². The number of rotatable bonds is 5. The number of hydrogen-bond donors (Lipinski definition) is 1. The first-order valence-electron chi connectivity index (χ1n) is 5.43. The Kier molecular flexibility index (Phi) is 4.44. The van der Waals surface area contributed by atoms with E-state index >= 15 is 0 Å². The molecule has 0 aromatic carbocycles. The third-order valence-corrected chi connectivity index (χ3v) is 3.43. The van der Waals surface area contributed by atoms with E-state index in [0.717, 1.165) is 40.6 Å². The van der Waals surface area contributed by atoms with Crippen LogP contribution in [0.2, 0.25) is 0 Å². The largest absolute Gasteiger partial charge is 0.370 e. The van der Waals surface area contributed by atoms with E-state index in [4.69, 9.17) is 0 Å². The zero-order valence-electron chi connectivity index (χ0n) is 9.48. The third-order valence-electron chi connectivity index (χ3n) is 2.19. The fourth-order valence-electron chi connectivity index (χ4n) is 1.39.